The van der Waals surface area contributed by atoms with Crippen molar-refractivity contribution in [1.82, 2.24) is 10.3 Å². The van der Waals surface area contributed by atoms with Crippen molar-refractivity contribution in [2.24, 2.45) is 0 Å². The van der Waals surface area contributed by atoms with Gasteiger partial charge in [-0.3, -0.25) is 4.79 Å². The van der Waals surface area contributed by atoms with Crippen LogP contribution in [0.25, 0.3) is 0 Å². The van der Waals surface area contributed by atoms with E-state index in [1.165, 1.54) is 12.1 Å². The molecule has 3 aromatic rings. The van der Waals surface area contributed by atoms with Crippen LogP contribution in [0.3, 0.4) is 0 Å². The van der Waals surface area contributed by atoms with Crippen molar-refractivity contribution in [2.45, 2.75) is 24.8 Å². The number of aromatic nitrogens is 1. The maximum Gasteiger partial charge on any atom is 0.231 e. The van der Waals surface area contributed by atoms with Crippen molar-refractivity contribution in [2.75, 3.05) is 13.2 Å². The molecule has 2 aromatic carbocycles. The number of benzene rings is 2. The van der Waals surface area contributed by atoms with Gasteiger partial charge in [0.05, 0.1) is 5.41 Å². The van der Waals surface area contributed by atoms with E-state index in [-0.39, 0.29) is 11.7 Å². The lowest BCUT2D eigenvalue weighted by molar-refractivity contribution is -0.130. The summed E-state index contributed by atoms with van der Waals surface area (Å²) in [5.74, 6) is 0.551. The third-order valence-corrected chi connectivity index (χ3v) is 5.40. The summed E-state index contributed by atoms with van der Waals surface area (Å²) in [5, 5.41) is 3.08. The van der Waals surface area contributed by atoms with Crippen LogP contribution in [0.5, 0.6) is 11.6 Å². The Labute approximate surface area is 174 Å². The minimum atomic E-state index is -0.583. The Bertz CT molecular complexity index is 987. The summed E-state index contributed by atoms with van der Waals surface area (Å²) in [5.41, 5.74) is 1.30. The highest BCUT2D eigenvalue weighted by Crippen LogP contribution is 2.35. The summed E-state index contributed by atoms with van der Waals surface area (Å²) in [7, 11) is 0. The molecule has 1 aliphatic heterocycles. The van der Waals surface area contributed by atoms with E-state index in [9.17, 15) is 9.18 Å². The Morgan fingerprint density at radius 3 is 2.53 bits per heavy atom. The highest BCUT2D eigenvalue weighted by Gasteiger charge is 2.41. The molecule has 0 aliphatic carbocycles. The fourth-order valence-electron chi connectivity index (χ4n) is 3.72. The Balaban J connectivity index is 1.45. The number of carbonyl (C=O) groups excluding carboxylic acids is 1. The molecule has 0 saturated carbocycles. The van der Waals surface area contributed by atoms with E-state index < -0.39 is 5.41 Å². The average Bonchev–Trinajstić information content (AvgIpc) is 2.80. The van der Waals surface area contributed by atoms with Crippen LogP contribution in [0.15, 0.2) is 72.9 Å². The first-order valence-electron chi connectivity index (χ1n) is 9.96. The molecule has 1 fully saturated rings. The van der Waals surface area contributed by atoms with Gasteiger partial charge in [0.1, 0.15) is 11.6 Å². The monoisotopic (exact) mass is 406 g/mol. The summed E-state index contributed by atoms with van der Waals surface area (Å²) in [6.45, 7) is 1.48. The number of carbonyl (C=O) groups is 1. The Kier molecular flexibility index (Phi) is 6.05. The SMILES string of the molecule is O=C(NCc1ccnc(Oc2ccc(F)cc2)c1)C1(c2ccccc2)CCOCC1. The number of pyridine rings is 1. The molecule has 2 heterocycles. The molecule has 0 atom stereocenters. The highest BCUT2D eigenvalue weighted by atomic mass is 19.1. The lowest BCUT2D eigenvalue weighted by Gasteiger charge is -2.36. The fourth-order valence-corrected chi connectivity index (χ4v) is 3.72. The molecule has 0 spiro atoms. The summed E-state index contributed by atoms with van der Waals surface area (Å²) < 4.78 is 24.2. The highest BCUT2D eigenvalue weighted by molar-refractivity contribution is 5.88. The Morgan fingerprint density at radius 2 is 1.80 bits per heavy atom. The van der Waals surface area contributed by atoms with Gasteiger partial charge in [-0.2, -0.15) is 0 Å². The molecular weight excluding hydrogens is 383 g/mol. The number of nitrogens with one attached hydrogen (secondary N) is 1. The molecule has 1 N–H and O–H groups in total. The van der Waals surface area contributed by atoms with E-state index in [1.807, 2.05) is 36.4 Å². The van der Waals surface area contributed by atoms with Crippen molar-refractivity contribution in [3.8, 4) is 11.6 Å². The quantitative estimate of drug-likeness (QED) is 0.660. The van der Waals surface area contributed by atoms with E-state index in [4.69, 9.17) is 9.47 Å². The molecule has 1 aromatic heterocycles. The maximum atomic E-state index is 13.3. The molecule has 154 valence electrons. The first kappa shape index (κ1) is 20.0. The Morgan fingerprint density at radius 1 is 1.07 bits per heavy atom. The smallest absolute Gasteiger partial charge is 0.231 e. The number of rotatable bonds is 6. The number of nitrogens with zero attached hydrogens (tertiary/aromatic N) is 1. The molecule has 30 heavy (non-hydrogen) atoms. The zero-order chi connectivity index (χ0) is 20.8. The second-order valence-electron chi connectivity index (χ2n) is 7.30. The maximum absolute atomic E-state index is 13.3. The van der Waals surface area contributed by atoms with E-state index in [1.54, 1.807) is 24.4 Å². The minimum absolute atomic E-state index is 0.00480. The van der Waals surface area contributed by atoms with Crippen LogP contribution >= 0.6 is 0 Å². The van der Waals surface area contributed by atoms with E-state index in [0.717, 1.165) is 11.1 Å². The van der Waals surface area contributed by atoms with Gasteiger partial charge in [-0.25, -0.2) is 9.37 Å². The molecule has 1 saturated heterocycles. The zero-order valence-corrected chi connectivity index (χ0v) is 16.5. The van der Waals surface area contributed by atoms with Gasteiger partial charge in [0.2, 0.25) is 11.8 Å². The average molecular weight is 406 g/mol. The van der Waals surface area contributed by atoms with Gasteiger partial charge in [-0.05, 0) is 54.3 Å². The van der Waals surface area contributed by atoms with E-state index in [0.29, 0.717) is 44.2 Å². The Hall–Kier alpha value is -3.25. The van der Waals surface area contributed by atoms with Gasteiger partial charge in [-0.15, -0.1) is 0 Å². The molecule has 5 nitrogen and oxygen atoms in total. The lowest BCUT2D eigenvalue weighted by atomic mass is 9.73. The predicted molar refractivity (Wildman–Crippen MR) is 111 cm³/mol. The topological polar surface area (TPSA) is 60.5 Å². The number of hydrogen-bond acceptors (Lipinski definition) is 4. The van der Waals surface area contributed by atoms with Crippen molar-refractivity contribution in [3.05, 3.63) is 89.9 Å². The summed E-state index contributed by atoms with van der Waals surface area (Å²) >= 11 is 0. The molecule has 4 rings (SSSR count). The van der Waals surface area contributed by atoms with Crippen LogP contribution in [0.4, 0.5) is 4.39 Å². The lowest BCUT2D eigenvalue weighted by Crippen LogP contribution is -2.47. The van der Waals surface area contributed by atoms with E-state index >= 15 is 0 Å². The molecule has 1 aliphatic rings. The van der Waals surface area contributed by atoms with Crippen molar-refractivity contribution in [3.63, 3.8) is 0 Å². The number of halogens is 1. The number of ether oxygens (including phenoxy) is 2. The van der Waals surface area contributed by atoms with Crippen LogP contribution in [0, 0.1) is 5.82 Å². The number of hydrogen-bond donors (Lipinski definition) is 1. The van der Waals surface area contributed by atoms with Crippen LogP contribution in [-0.2, 0) is 21.5 Å². The minimum Gasteiger partial charge on any atom is -0.439 e. The van der Waals surface area contributed by atoms with Crippen molar-refractivity contribution < 1.29 is 18.7 Å². The van der Waals surface area contributed by atoms with Gasteiger partial charge < -0.3 is 14.8 Å². The molecule has 0 bridgehead atoms. The summed E-state index contributed by atoms with van der Waals surface area (Å²) in [6, 6.07) is 19.2. The number of amides is 1. The normalized spacial score (nSPS) is 15.4. The van der Waals surface area contributed by atoms with Gasteiger partial charge in [-0.1, -0.05) is 30.3 Å². The second-order valence-corrected chi connectivity index (χ2v) is 7.30. The van der Waals surface area contributed by atoms with Crippen LogP contribution in [0.2, 0.25) is 0 Å². The van der Waals surface area contributed by atoms with Crippen molar-refractivity contribution >= 4 is 5.91 Å². The van der Waals surface area contributed by atoms with Crippen molar-refractivity contribution in [1.29, 1.82) is 0 Å². The third kappa shape index (κ3) is 4.49. The molecular formula is C24H23FN2O3. The molecule has 0 radical (unpaired) electrons. The van der Waals surface area contributed by atoms with Gasteiger partial charge in [0.25, 0.3) is 0 Å². The molecule has 1 amide bonds. The summed E-state index contributed by atoms with van der Waals surface area (Å²) in [4.78, 5) is 17.4. The third-order valence-electron chi connectivity index (χ3n) is 5.40. The first-order chi connectivity index (χ1) is 14.7. The van der Waals surface area contributed by atoms with E-state index in [2.05, 4.69) is 10.3 Å². The van der Waals surface area contributed by atoms with Gasteiger partial charge in [0, 0.05) is 32.0 Å². The van der Waals surface area contributed by atoms with Gasteiger partial charge in [0.15, 0.2) is 0 Å². The standard InChI is InChI=1S/C24H23FN2O3/c25-20-6-8-21(9-7-20)30-22-16-18(10-13-26-22)17-27-23(28)24(11-14-29-15-12-24)19-4-2-1-3-5-19/h1-10,13,16H,11-12,14-15,17H2,(H,27,28). The largest absolute Gasteiger partial charge is 0.439 e. The molecule has 0 unspecified atom stereocenters. The fraction of sp³-hybridized carbons (Fsp3) is 0.250. The second kappa shape index (κ2) is 9.05. The summed E-state index contributed by atoms with van der Waals surface area (Å²) in [6.07, 6.45) is 2.93. The van der Waals surface area contributed by atoms with Crippen LogP contribution in [-0.4, -0.2) is 24.1 Å². The zero-order valence-electron chi connectivity index (χ0n) is 16.5. The van der Waals surface area contributed by atoms with Crippen LogP contribution in [0.1, 0.15) is 24.0 Å². The van der Waals surface area contributed by atoms with Crippen LogP contribution < -0.4 is 10.1 Å². The predicted octanol–water partition coefficient (Wildman–Crippen LogP) is 4.38. The first-order valence-corrected chi connectivity index (χ1v) is 9.96. The molecule has 6 heteroatoms. The van der Waals surface area contributed by atoms with Gasteiger partial charge >= 0.3 is 0 Å².